The van der Waals surface area contributed by atoms with E-state index in [0.717, 1.165) is 0 Å². The Morgan fingerprint density at radius 3 is 2.75 bits per heavy atom. The minimum atomic E-state index is -2.32. The summed E-state index contributed by atoms with van der Waals surface area (Å²) in [7, 11) is 0. The van der Waals surface area contributed by atoms with Gasteiger partial charge >= 0.3 is 0 Å². The van der Waals surface area contributed by atoms with Crippen molar-refractivity contribution >= 4 is 0 Å². The minimum Gasteiger partial charge on any atom is -0.392 e. The van der Waals surface area contributed by atoms with Crippen LogP contribution in [0.15, 0.2) is 0 Å². The molecule has 0 saturated carbocycles. The second kappa shape index (κ2) is 4.14. The van der Waals surface area contributed by atoms with Crippen LogP contribution in [0.25, 0.3) is 0 Å². The maximum atomic E-state index is 12.4. The van der Waals surface area contributed by atoms with E-state index in [1.807, 2.05) is 6.92 Å². The zero-order valence-electron chi connectivity index (χ0n) is 7.13. The summed E-state index contributed by atoms with van der Waals surface area (Å²) in [5.74, 6) is -0.682. The molecule has 3 unspecified atom stereocenters. The smallest absolute Gasteiger partial charge is 0.243 e. The lowest BCUT2D eigenvalue weighted by atomic mass is 9.88. The highest BCUT2D eigenvalue weighted by atomic mass is 19.3. The van der Waals surface area contributed by atoms with Gasteiger partial charge in [-0.25, -0.2) is 8.78 Å². The van der Waals surface area contributed by atoms with Crippen LogP contribution in [-0.4, -0.2) is 30.2 Å². The minimum absolute atomic E-state index is 0.131. The maximum Gasteiger partial charge on any atom is 0.243 e. The van der Waals surface area contributed by atoms with Crippen molar-refractivity contribution in [1.29, 1.82) is 0 Å². The van der Waals surface area contributed by atoms with Crippen molar-refractivity contribution in [3.63, 3.8) is 0 Å². The zero-order chi connectivity index (χ0) is 9.14. The lowest BCUT2D eigenvalue weighted by Crippen LogP contribution is -2.49. The monoisotopic (exact) mass is 179 g/mol. The summed E-state index contributed by atoms with van der Waals surface area (Å²) < 4.78 is 24.8. The molecule has 72 valence electrons. The molecule has 0 amide bonds. The molecule has 0 aromatic rings. The molecular formula is C8H15F2NO. The Morgan fingerprint density at radius 1 is 1.58 bits per heavy atom. The van der Waals surface area contributed by atoms with Crippen molar-refractivity contribution in [3.05, 3.63) is 0 Å². The Labute approximate surface area is 71.0 Å². The van der Waals surface area contributed by atoms with Crippen molar-refractivity contribution in [2.75, 3.05) is 6.54 Å². The Bertz CT molecular complexity index is 143. The first kappa shape index (κ1) is 9.86. The number of rotatable bonds is 2. The molecule has 0 aromatic heterocycles. The molecule has 3 atom stereocenters. The van der Waals surface area contributed by atoms with Gasteiger partial charge in [0.25, 0.3) is 0 Å². The van der Waals surface area contributed by atoms with Gasteiger partial charge in [0, 0.05) is 18.5 Å². The first-order valence-corrected chi connectivity index (χ1v) is 4.34. The fourth-order valence-corrected chi connectivity index (χ4v) is 1.73. The summed E-state index contributed by atoms with van der Waals surface area (Å²) in [4.78, 5) is 0. The molecule has 1 heterocycles. The van der Waals surface area contributed by atoms with Gasteiger partial charge in [0.15, 0.2) is 0 Å². The van der Waals surface area contributed by atoms with Crippen molar-refractivity contribution in [3.8, 4) is 0 Å². The van der Waals surface area contributed by atoms with E-state index >= 15 is 0 Å². The second-order valence-corrected chi connectivity index (χ2v) is 3.31. The largest absolute Gasteiger partial charge is 0.392 e. The van der Waals surface area contributed by atoms with Gasteiger partial charge in [-0.2, -0.15) is 0 Å². The number of hydrogen-bond donors (Lipinski definition) is 2. The van der Waals surface area contributed by atoms with Gasteiger partial charge in [-0.05, 0) is 12.8 Å². The maximum absolute atomic E-state index is 12.4. The highest BCUT2D eigenvalue weighted by Crippen LogP contribution is 2.25. The number of alkyl halides is 2. The first-order chi connectivity index (χ1) is 5.65. The number of piperidine rings is 1. The molecule has 1 rings (SSSR count). The van der Waals surface area contributed by atoms with E-state index in [1.54, 1.807) is 0 Å². The van der Waals surface area contributed by atoms with Crippen LogP contribution < -0.4 is 5.32 Å². The van der Waals surface area contributed by atoms with E-state index in [4.69, 9.17) is 5.11 Å². The Kier molecular flexibility index (Phi) is 3.40. The third-order valence-corrected chi connectivity index (χ3v) is 2.44. The Morgan fingerprint density at radius 2 is 2.25 bits per heavy atom. The topological polar surface area (TPSA) is 32.3 Å². The molecule has 2 N–H and O–H groups in total. The second-order valence-electron chi connectivity index (χ2n) is 3.31. The van der Waals surface area contributed by atoms with Crippen LogP contribution in [0.1, 0.15) is 19.8 Å². The summed E-state index contributed by atoms with van der Waals surface area (Å²) in [6.07, 6.45) is -2.01. The molecule has 1 aliphatic heterocycles. The molecule has 1 aliphatic rings. The molecule has 12 heavy (non-hydrogen) atoms. The summed E-state index contributed by atoms with van der Waals surface area (Å²) in [5.41, 5.74) is 0. The van der Waals surface area contributed by atoms with Gasteiger partial charge in [-0.15, -0.1) is 0 Å². The summed E-state index contributed by atoms with van der Waals surface area (Å²) in [6.45, 7) is 2.33. The number of β-amino-alcohol motifs (C(OH)–C–C–N with tert-alkyl or cyclic N) is 1. The zero-order valence-corrected chi connectivity index (χ0v) is 7.13. The molecule has 0 radical (unpaired) electrons. The van der Waals surface area contributed by atoms with Crippen molar-refractivity contribution < 1.29 is 13.9 Å². The molecule has 1 fully saturated rings. The van der Waals surface area contributed by atoms with Gasteiger partial charge in [-0.3, -0.25) is 0 Å². The van der Waals surface area contributed by atoms with Crippen LogP contribution >= 0.6 is 0 Å². The van der Waals surface area contributed by atoms with E-state index in [1.165, 1.54) is 0 Å². The fourth-order valence-electron chi connectivity index (χ4n) is 1.73. The molecule has 1 saturated heterocycles. The summed E-state index contributed by atoms with van der Waals surface area (Å²) in [6, 6.07) is -0.131. The highest BCUT2D eigenvalue weighted by Gasteiger charge is 2.34. The quantitative estimate of drug-likeness (QED) is 0.662. The van der Waals surface area contributed by atoms with E-state index in [2.05, 4.69) is 5.32 Å². The van der Waals surface area contributed by atoms with E-state index < -0.39 is 18.4 Å². The number of hydrogen-bond acceptors (Lipinski definition) is 2. The number of aliphatic hydroxyl groups excluding tert-OH is 1. The van der Waals surface area contributed by atoms with E-state index in [-0.39, 0.29) is 12.5 Å². The van der Waals surface area contributed by atoms with Gasteiger partial charge < -0.3 is 10.4 Å². The molecule has 0 bridgehead atoms. The highest BCUT2D eigenvalue weighted by molar-refractivity contribution is 4.85. The van der Waals surface area contributed by atoms with Crippen LogP contribution in [0, 0.1) is 5.92 Å². The molecule has 0 spiro atoms. The van der Waals surface area contributed by atoms with E-state index in [9.17, 15) is 8.78 Å². The first-order valence-electron chi connectivity index (χ1n) is 4.34. The molecular weight excluding hydrogens is 164 g/mol. The third-order valence-electron chi connectivity index (χ3n) is 2.44. The predicted molar refractivity (Wildman–Crippen MR) is 42.2 cm³/mol. The summed E-state index contributed by atoms with van der Waals surface area (Å²) in [5, 5.41) is 12.1. The van der Waals surface area contributed by atoms with Crippen LogP contribution in [-0.2, 0) is 0 Å². The van der Waals surface area contributed by atoms with Crippen LogP contribution in [0.5, 0.6) is 0 Å². The fraction of sp³-hybridized carbons (Fsp3) is 1.00. The van der Waals surface area contributed by atoms with Gasteiger partial charge in [0.05, 0.1) is 6.10 Å². The summed E-state index contributed by atoms with van der Waals surface area (Å²) >= 11 is 0. The van der Waals surface area contributed by atoms with Gasteiger partial charge in [0.1, 0.15) is 0 Å². The van der Waals surface area contributed by atoms with Crippen LogP contribution in [0.2, 0.25) is 0 Å². The average molecular weight is 179 g/mol. The molecule has 0 aromatic carbocycles. The Hall–Kier alpha value is -0.220. The SMILES string of the molecule is CCC1NCC(O)CC1C(F)F. The molecule has 0 aliphatic carbocycles. The lowest BCUT2D eigenvalue weighted by molar-refractivity contribution is -0.00471. The Balaban J connectivity index is 2.52. The van der Waals surface area contributed by atoms with Crippen LogP contribution in [0.3, 0.4) is 0 Å². The molecule has 4 heteroatoms. The van der Waals surface area contributed by atoms with Gasteiger partial charge in [0.2, 0.25) is 6.43 Å². The van der Waals surface area contributed by atoms with Crippen molar-refractivity contribution in [2.45, 2.75) is 38.3 Å². The third kappa shape index (κ3) is 2.14. The van der Waals surface area contributed by atoms with Gasteiger partial charge in [-0.1, -0.05) is 6.92 Å². The van der Waals surface area contributed by atoms with Crippen molar-refractivity contribution in [1.82, 2.24) is 5.32 Å². The normalized spacial score (nSPS) is 37.2. The number of halogens is 2. The predicted octanol–water partition coefficient (Wildman–Crippen LogP) is 1.00. The van der Waals surface area contributed by atoms with E-state index in [0.29, 0.717) is 13.0 Å². The lowest BCUT2D eigenvalue weighted by Gasteiger charge is -2.34. The standard InChI is InChI=1S/C8H15F2NO/c1-2-7-6(8(9)10)3-5(12)4-11-7/h5-8,11-12H,2-4H2,1H3. The molecule has 2 nitrogen and oxygen atoms in total. The van der Waals surface area contributed by atoms with Crippen LogP contribution in [0.4, 0.5) is 8.78 Å². The van der Waals surface area contributed by atoms with Crippen molar-refractivity contribution in [2.24, 2.45) is 5.92 Å². The number of aliphatic hydroxyl groups is 1. The number of nitrogens with one attached hydrogen (secondary N) is 1. The average Bonchev–Trinajstić information content (AvgIpc) is 2.04.